The van der Waals surface area contributed by atoms with Crippen molar-refractivity contribution in [3.05, 3.63) is 118 Å². The molecule has 0 aromatic heterocycles. The van der Waals surface area contributed by atoms with Crippen molar-refractivity contribution < 1.29 is 17.9 Å². The molecule has 1 N–H and O–H groups in total. The van der Waals surface area contributed by atoms with E-state index in [0.717, 1.165) is 5.56 Å². The van der Waals surface area contributed by atoms with Gasteiger partial charge in [0.1, 0.15) is 5.75 Å². The van der Waals surface area contributed by atoms with Crippen molar-refractivity contribution in [3.63, 3.8) is 0 Å². The molecule has 0 saturated heterocycles. The lowest BCUT2D eigenvalue weighted by molar-refractivity contribution is 0.102. The molecule has 0 atom stereocenters. The zero-order valence-electron chi connectivity index (χ0n) is 19.2. The van der Waals surface area contributed by atoms with Crippen molar-refractivity contribution in [1.82, 2.24) is 0 Å². The van der Waals surface area contributed by atoms with E-state index in [4.69, 9.17) is 27.9 Å². The minimum Gasteiger partial charge on any atom is -0.497 e. The zero-order chi connectivity index (χ0) is 25.7. The molecule has 9 heteroatoms. The molecular weight excluding hydrogens is 519 g/mol. The average Bonchev–Trinajstić information content (AvgIpc) is 2.90. The number of ether oxygens (including phenoxy) is 1. The van der Waals surface area contributed by atoms with Crippen LogP contribution in [-0.2, 0) is 16.6 Å². The molecule has 0 spiro atoms. The Balaban J connectivity index is 1.80. The van der Waals surface area contributed by atoms with E-state index in [1.54, 1.807) is 54.6 Å². The van der Waals surface area contributed by atoms with Gasteiger partial charge < -0.3 is 10.1 Å². The lowest BCUT2D eigenvalue weighted by Crippen LogP contribution is -2.32. The maximum absolute atomic E-state index is 13.9. The van der Waals surface area contributed by atoms with Crippen LogP contribution in [0.5, 0.6) is 5.75 Å². The molecule has 6 nitrogen and oxygen atoms in total. The van der Waals surface area contributed by atoms with E-state index in [-0.39, 0.29) is 38.4 Å². The normalized spacial score (nSPS) is 11.1. The van der Waals surface area contributed by atoms with Gasteiger partial charge in [0.25, 0.3) is 15.9 Å². The molecule has 0 saturated carbocycles. The van der Waals surface area contributed by atoms with Gasteiger partial charge >= 0.3 is 0 Å². The first kappa shape index (κ1) is 25.6. The first-order valence-electron chi connectivity index (χ1n) is 10.9. The van der Waals surface area contributed by atoms with Gasteiger partial charge in [-0.1, -0.05) is 71.7 Å². The SMILES string of the molecule is COc1ccc(S(=O)(=O)N(Cc2ccccc2)c2ccccc2C(=O)Nc2c(Cl)cccc2Cl)cc1. The molecule has 0 aliphatic rings. The van der Waals surface area contributed by atoms with Crippen molar-refractivity contribution in [2.75, 3.05) is 16.7 Å². The van der Waals surface area contributed by atoms with Crippen molar-refractivity contribution in [2.45, 2.75) is 11.4 Å². The summed E-state index contributed by atoms with van der Waals surface area (Å²) < 4.78 is 34.2. The van der Waals surface area contributed by atoms with E-state index < -0.39 is 15.9 Å². The van der Waals surface area contributed by atoms with Crippen molar-refractivity contribution in [3.8, 4) is 5.75 Å². The Morgan fingerprint density at radius 2 is 1.44 bits per heavy atom. The molecular formula is C27H22Cl2N2O4S. The zero-order valence-corrected chi connectivity index (χ0v) is 21.5. The van der Waals surface area contributed by atoms with Crippen LogP contribution in [0.2, 0.25) is 10.0 Å². The Labute approximate surface area is 220 Å². The van der Waals surface area contributed by atoms with Crippen molar-refractivity contribution >= 4 is 50.5 Å². The molecule has 0 aliphatic heterocycles. The van der Waals surface area contributed by atoms with Crippen LogP contribution in [0, 0.1) is 0 Å². The minimum absolute atomic E-state index is 0.00629. The summed E-state index contributed by atoms with van der Waals surface area (Å²) in [4.78, 5) is 13.4. The van der Waals surface area contributed by atoms with Crippen LogP contribution >= 0.6 is 23.2 Å². The van der Waals surface area contributed by atoms with Crippen molar-refractivity contribution in [2.24, 2.45) is 0 Å². The fraction of sp³-hybridized carbons (Fsp3) is 0.0741. The summed E-state index contributed by atoms with van der Waals surface area (Å²) >= 11 is 12.5. The smallest absolute Gasteiger partial charge is 0.264 e. The van der Waals surface area contributed by atoms with E-state index in [1.165, 1.54) is 23.5 Å². The van der Waals surface area contributed by atoms with E-state index >= 15 is 0 Å². The Morgan fingerprint density at radius 3 is 2.08 bits per heavy atom. The second kappa shape index (κ2) is 11.0. The second-order valence-electron chi connectivity index (χ2n) is 7.74. The van der Waals surface area contributed by atoms with Crippen LogP contribution in [0.1, 0.15) is 15.9 Å². The number of nitrogens with zero attached hydrogens (tertiary/aromatic N) is 1. The van der Waals surface area contributed by atoms with Gasteiger partial charge in [-0.25, -0.2) is 8.42 Å². The third kappa shape index (κ3) is 5.49. The highest BCUT2D eigenvalue weighted by atomic mass is 35.5. The van der Waals surface area contributed by atoms with E-state index in [1.807, 2.05) is 30.3 Å². The Morgan fingerprint density at radius 1 is 0.833 bits per heavy atom. The molecule has 36 heavy (non-hydrogen) atoms. The van der Waals surface area contributed by atoms with Crippen molar-refractivity contribution in [1.29, 1.82) is 0 Å². The summed E-state index contributed by atoms with van der Waals surface area (Å²) in [5.41, 5.74) is 1.34. The number of hydrogen-bond acceptors (Lipinski definition) is 4. The first-order valence-corrected chi connectivity index (χ1v) is 13.1. The number of anilines is 2. The van der Waals surface area contributed by atoms with Crippen LogP contribution in [0.3, 0.4) is 0 Å². The Kier molecular flexibility index (Phi) is 7.84. The van der Waals surface area contributed by atoms with Gasteiger partial charge in [-0.2, -0.15) is 0 Å². The number of carbonyl (C=O) groups is 1. The largest absolute Gasteiger partial charge is 0.497 e. The molecule has 4 aromatic rings. The third-order valence-corrected chi connectivity index (χ3v) is 7.84. The molecule has 4 rings (SSSR count). The molecule has 1 amide bonds. The van der Waals surface area contributed by atoms with E-state index in [2.05, 4.69) is 5.32 Å². The maximum atomic E-state index is 13.9. The number of nitrogens with one attached hydrogen (secondary N) is 1. The first-order chi connectivity index (χ1) is 17.3. The Hall–Kier alpha value is -3.52. The van der Waals surface area contributed by atoms with Gasteiger partial charge in [0.15, 0.2) is 0 Å². The highest BCUT2D eigenvalue weighted by Crippen LogP contribution is 2.33. The number of hydrogen-bond donors (Lipinski definition) is 1. The monoisotopic (exact) mass is 540 g/mol. The number of rotatable bonds is 8. The maximum Gasteiger partial charge on any atom is 0.264 e. The summed E-state index contributed by atoms with van der Waals surface area (Å²) in [5.74, 6) is -0.0245. The highest BCUT2D eigenvalue weighted by molar-refractivity contribution is 7.92. The summed E-state index contributed by atoms with van der Waals surface area (Å²) in [7, 11) is -2.57. The number of para-hydroxylation sites is 2. The number of sulfonamides is 1. The van der Waals surface area contributed by atoms with Gasteiger partial charge in [-0.3, -0.25) is 9.10 Å². The fourth-order valence-corrected chi connectivity index (χ4v) is 5.57. The summed E-state index contributed by atoms with van der Waals surface area (Å²) in [6.07, 6.45) is 0. The number of methoxy groups -OCH3 is 1. The summed E-state index contributed by atoms with van der Waals surface area (Å²) in [5, 5.41) is 3.25. The molecule has 0 bridgehead atoms. The molecule has 0 fully saturated rings. The number of benzene rings is 4. The van der Waals surface area contributed by atoms with Gasteiger partial charge in [0.05, 0.1) is 45.5 Å². The third-order valence-electron chi connectivity index (χ3n) is 5.44. The van der Waals surface area contributed by atoms with Crippen LogP contribution in [-0.4, -0.2) is 21.4 Å². The average molecular weight is 541 g/mol. The lowest BCUT2D eigenvalue weighted by Gasteiger charge is -2.27. The summed E-state index contributed by atoms with van der Waals surface area (Å²) in [6.45, 7) is 0.00629. The Bertz CT molecular complexity index is 1460. The van der Waals surface area contributed by atoms with Gasteiger partial charge in [0, 0.05) is 0 Å². The lowest BCUT2D eigenvalue weighted by atomic mass is 10.1. The predicted molar refractivity (Wildman–Crippen MR) is 144 cm³/mol. The van der Waals surface area contributed by atoms with Gasteiger partial charge in [0.2, 0.25) is 0 Å². The predicted octanol–water partition coefficient (Wildman–Crippen LogP) is 6.65. The number of carbonyl (C=O) groups excluding carboxylic acids is 1. The van der Waals surface area contributed by atoms with Crippen LogP contribution in [0.4, 0.5) is 11.4 Å². The highest BCUT2D eigenvalue weighted by Gasteiger charge is 2.29. The molecule has 0 radical (unpaired) electrons. The van der Waals surface area contributed by atoms with Crippen LogP contribution in [0.15, 0.2) is 102 Å². The topological polar surface area (TPSA) is 75.7 Å². The standard InChI is InChI=1S/C27H22Cl2N2O4S/c1-35-20-14-16-21(17-15-20)36(33,34)31(18-19-8-3-2-4-9-19)25-13-6-5-10-22(25)27(32)30-26-23(28)11-7-12-24(26)29/h2-17H,18H2,1H3,(H,30,32). The molecule has 0 aliphatic carbocycles. The quantitative estimate of drug-likeness (QED) is 0.271. The molecule has 0 unspecified atom stereocenters. The van der Waals surface area contributed by atoms with Gasteiger partial charge in [-0.15, -0.1) is 0 Å². The van der Waals surface area contributed by atoms with Crippen LogP contribution < -0.4 is 14.4 Å². The summed E-state index contributed by atoms with van der Waals surface area (Å²) in [6, 6.07) is 26.6. The van der Waals surface area contributed by atoms with E-state index in [9.17, 15) is 13.2 Å². The van der Waals surface area contributed by atoms with E-state index in [0.29, 0.717) is 5.75 Å². The number of halogens is 2. The molecule has 4 aromatic carbocycles. The molecule has 184 valence electrons. The number of amides is 1. The fourth-order valence-electron chi connectivity index (χ4n) is 3.61. The second-order valence-corrected chi connectivity index (χ2v) is 10.4. The van der Waals surface area contributed by atoms with Gasteiger partial charge in [-0.05, 0) is 54.1 Å². The van der Waals surface area contributed by atoms with Crippen LogP contribution in [0.25, 0.3) is 0 Å². The molecule has 0 heterocycles. The minimum atomic E-state index is -4.08.